The van der Waals surface area contributed by atoms with Gasteiger partial charge < -0.3 is 10.2 Å². The molecule has 1 aromatic rings. The Morgan fingerprint density at radius 3 is 2.24 bits per heavy atom. The highest BCUT2D eigenvalue weighted by atomic mass is 79.9. The minimum Gasteiger partial charge on any atom is -0.310 e. The first-order valence-corrected chi connectivity index (χ1v) is 9.22. The highest BCUT2D eigenvalue weighted by molar-refractivity contribution is 9.10. The molecule has 120 valence electrons. The molecule has 1 N–H and O–H groups in total. The zero-order valence-electron chi connectivity index (χ0n) is 13.9. The standard InChI is InChI=1S/C18H31BrN2/c1-4-12-20-18(16-9-7-8-10-17(16)19)11-15-21(13-5-2)14-6-3/h7-10,18,20H,4-6,11-15H2,1-3H3. The number of halogens is 1. The molecule has 0 aliphatic carbocycles. The Hall–Kier alpha value is -0.380. The van der Waals surface area contributed by atoms with E-state index in [-0.39, 0.29) is 0 Å². The second kappa shape index (κ2) is 11.2. The first-order valence-electron chi connectivity index (χ1n) is 8.43. The van der Waals surface area contributed by atoms with Gasteiger partial charge in [-0.2, -0.15) is 0 Å². The highest BCUT2D eigenvalue weighted by Crippen LogP contribution is 2.25. The van der Waals surface area contributed by atoms with Gasteiger partial charge in [0.25, 0.3) is 0 Å². The number of hydrogen-bond donors (Lipinski definition) is 1. The van der Waals surface area contributed by atoms with Crippen LogP contribution in [0.1, 0.15) is 58.1 Å². The van der Waals surface area contributed by atoms with Crippen LogP contribution in [0.15, 0.2) is 28.7 Å². The molecule has 0 spiro atoms. The van der Waals surface area contributed by atoms with Crippen molar-refractivity contribution in [2.75, 3.05) is 26.2 Å². The largest absolute Gasteiger partial charge is 0.310 e. The van der Waals surface area contributed by atoms with Crippen LogP contribution < -0.4 is 5.32 Å². The van der Waals surface area contributed by atoms with Crippen LogP contribution in [-0.2, 0) is 0 Å². The number of hydrogen-bond acceptors (Lipinski definition) is 2. The van der Waals surface area contributed by atoms with Gasteiger partial charge in [-0.15, -0.1) is 0 Å². The Morgan fingerprint density at radius 1 is 1.00 bits per heavy atom. The molecule has 21 heavy (non-hydrogen) atoms. The van der Waals surface area contributed by atoms with E-state index in [2.05, 4.69) is 71.2 Å². The fraction of sp³-hybridized carbons (Fsp3) is 0.667. The lowest BCUT2D eigenvalue weighted by molar-refractivity contribution is 0.257. The van der Waals surface area contributed by atoms with Gasteiger partial charge in [0.05, 0.1) is 0 Å². The van der Waals surface area contributed by atoms with Crippen molar-refractivity contribution in [1.29, 1.82) is 0 Å². The van der Waals surface area contributed by atoms with Gasteiger partial charge in [-0.25, -0.2) is 0 Å². The molecule has 0 aliphatic rings. The fourth-order valence-corrected chi connectivity index (χ4v) is 3.28. The van der Waals surface area contributed by atoms with Gasteiger partial charge in [0.15, 0.2) is 0 Å². The van der Waals surface area contributed by atoms with Crippen molar-refractivity contribution in [2.45, 2.75) is 52.5 Å². The fourth-order valence-electron chi connectivity index (χ4n) is 2.72. The summed E-state index contributed by atoms with van der Waals surface area (Å²) in [5.74, 6) is 0. The Kier molecular flexibility index (Phi) is 9.98. The zero-order valence-corrected chi connectivity index (χ0v) is 15.5. The third kappa shape index (κ3) is 6.94. The normalized spacial score (nSPS) is 12.8. The van der Waals surface area contributed by atoms with Crippen molar-refractivity contribution in [1.82, 2.24) is 10.2 Å². The SMILES string of the molecule is CCCNC(CCN(CCC)CCC)c1ccccc1Br. The molecule has 0 heterocycles. The molecule has 1 aromatic carbocycles. The molecule has 0 amide bonds. The minimum atomic E-state index is 0.441. The van der Waals surface area contributed by atoms with Crippen LogP contribution in [0.4, 0.5) is 0 Å². The average Bonchev–Trinajstić information content (AvgIpc) is 2.49. The monoisotopic (exact) mass is 354 g/mol. The maximum Gasteiger partial charge on any atom is 0.0343 e. The molecule has 1 rings (SSSR count). The van der Waals surface area contributed by atoms with Gasteiger partial charge in [0, 0.05) is 10.5 Å². The average molecular weight is 355 g/mol. The van der Waals surface area contributed by atoms with Crippen LogP contribution in [0.5, 0.6) is 0 Å². The summed E-state index contributed by atoms with van der Waals surface area (Å²) in [6.07, 6.45) is 4.82. The first-order chi connectivity index (χ1) is 10.2. The highest BCUT2D eigenvalue weighted by Gasteiger charge is 2.15. The topological polar surface area (TPSA) is 15.3 Å². The number of nitrogens with one attached hydrogen (secondary N) is 1. The van der Waals surface area contributed by atoms with E-state index in [1.807, 2.05) is 0 Å². The lowest BCUT2D eigenvalue weighted by atomic mass is 10.0. The van der Waals surface area contributed by atoms with Gasteiger partial charge in [0.2, 0.25) is 0 Å². The summed E-state index contributed by atoms with van der Waals surface area (Å²) < 4.78 is 1.22. The Labute approximate surface area is 139 Å². The lowest BCUT2D eigenvalue weighted by Crippen LogP contribution is -2.31. The molecule has 0 aromatic heterocycles. The van der Waals surface area contributed by atoms with Crippen LogP contribution in [0.25, 0.3) is 0 Å². The van der Waals surface area contributed by atoms with Gasteiger partial charge >= 0.3 is 0 Å². The van der Waals surface area contributed by atoms with E-state index in [0.717, 1.165) is 6.54 Å². The van der Waals surface area contributed by atoms with Crippen molar-refractivity contribution in [3.8, 4) is 0 Å². The van der Waals surface area contributed by atoms with E-state index in [9.17, 15) is 0 Å². The third-order valence-electron chi connectivity index (χ3n) is 3.74. The summed E-state index contributed by atoms with van der Waals surface area (Å²) in [5.41, 5.74) is 1.39. The van der Waals surface area contributed by atoms with Gasteiger partial charge in [-0.1, -0.05) is 54.9 Å². The van der Waals surface area contributed by atoms with Gasteiger partial charge in [0.1, 0.15) is 0 Å². The Bertz CT molecular complexity index is 375. The summed E-state index contributed by atoms with van der Waals surface area (Å²) in [5, 5.41) is 3.71. The molecule has 2 nitrogen and oxygen atoms in total. The molecule has 1 atom stereocenters. The predicted octanol–water partition coefficient (Wildman–Crippen LogP) is 5.00. The van der Waals surface area contributed by atoms with E-state index in [1.165, 1.54) is 55.4 Å². The molecular weight excluding hydrogens is 324 g/mol. The first kappa shape index (κ1) is 18.7. The summed E-state index contributed by atoms with van der Waals surface area (Å²) in [6.45, 7) is 11.4. The van der Waals surface area contributed by atoms with Gasteiger partial charge in [-0.05, 0) is 63.5 Å². The van der Waals surface area contributed by atoms with Crippen LogP contribution in [0, 0.1) is 0 Å². The van der Waals surface area contributed by atoms with Crippen LogP contribution in [-0.4, -0.2) is 31.1 Å². The van der Waals surface area contributed by atoms with E-state index >= 15 is 0 Å². The van der Waals surface area contributed by atoms with Crippen LogP contribution in [0.2, 0.25) is 0 Å². The maximum atomic E-state index is 3.71. The minimum absolute atomic E-state index is 0.441. The molecule has 0 radical (unpaired) electrons. The van der Waals surface area contributed by atoms with Crippen molar-refractivity contribution < 1.29 is 0 Å². The van der Waals surface area contributed by atoms with E-state index in [0.29, 0.717) is 6.04 Å². The molecule has 0 saturated heterocycles. The molecule has 0 bridgehead atoms. The quantitative estimate of drug-likeness (QED) is 0.601. The van der Waals surface area contributed by atoms with Crippen molar-refractivity contribution >= 4 is 15.9 Å². The van der Waals surface area contributed by atoms with E-state index in [4.69, 9.17) is 0 Å². The number of nitrogens with zero attached hydrogens (tertiary/aromatic N) is 1. The molecular formula is C18H31BrN2. The summed E-state index contributed by atoms with van der Waals surface area (Å²) >= 11 is 3.70. The van der Waals surface area contributed by atoms with Crippen molar-refractivity contribution in [3.63, 3.8) is 0 Å². The molecule has 1 unspecified atom stereocenters. The van der Waals surface area contributed by atoms with E-state index < -0.39 is 0 Å². The molecule has 0 aliphatic heterocycles. The van der Waals surface area contributed by atoms with Crippen molar-refractivity contribution in [3.05, 3.63) is 34.3 Å². The third-order valence-corrected chi connectivity index (χ3v) is 4.46. The summed E-state index contributed by atoms with van der Waals surface area (Å²) in [6, 6.07) is 9.05. The molecule has 0 fully saturated rings. The van der Waals surface area contributed by atoms with Crippen molar-refractivity contribution in [2.24, 2.45) is 0 Å². The number of rotatable bonds is 11. The summed E-state index contributed by atoms with van der Waals surface area (Å²) in [7, 11) is 0. The summed E-state index contributed by atoms with van der Waals surface area (Å²) in [4.78, 5) is 2.59. The van der Waals surface area contributed by atoms with E-state index in [1.54, 1.807) is 0 Å². The second-order valence-electron chi connectivity index (χ2n) is 5.66. The maximum absolute atomic E-state index is 3.71. The zero-order chi connectivity index (χ0) is 15.5. The smallest absolute Gasteiger partial charge is 0.0343 e. The second-order valence-corrected chi connectivity index (χ2v) is 6.51. The Balaban J connectivity index is 2.67. The molecule has 0 saturated carbocycles. The Morgan fingerprint density at radius 2 is 1.67 bits per heavy atom. The predicted molar refractivity (Wildman–Crippen MR) is 96.8 cm³/mol. The molecule has 3 heteroatoms. The van der Waals surface area contributed by atoms with Gasteiger partial charge in [-0.3, -0.25) is 0 Å². The lowest BCUT2D eigenvalue weighted by Gasteiger charge is -2.26. The number of benzene rings is 1. The van der Waals surface area contributed by atoms with Crippen LogP contribution >= 0.6 is 15.9 Å². The van der Waals surface area contributed by atoms with Crippen LogP contribution in [0.3, 0.4) is 0 Å².